The van der Waals surface area contributed by atoms with Crippen molar-refractivity contribution in [1.29, 1.82) is 0 Å². The SMILES string of the molecule is O=C1COCCN1c1ccc(N2C[C@H](CN=Cc3ccc(Cl)cc3Cl)OC2=O)cc1. The molecule has 2 aromatic rings. The minimum Gasteiger partial charge on any atom is -0.442 e. The van der Waals surface area contributed by atoms with Crippen molar-refractivity contribution in [1.82, 2.24) is 0 Å². The first kappa shape index (κ1) is 20.7. The van der Waals surface area contributed by atoms with E-state index in [4.69, 9.17) is 32.7 Å². The van der Waals surface area contributed by atoms with Crippen molar-refractivity contribution in [3.05, 3.63) is 58.1 Å². The molecule has 0 aromatic heterocycles. The minimum absolute atomic E-state index is 0.0756. The smallest absolute Gasteiger partial charge is 0.414 e. The molecule has 0 saturated carbocycles. The number of rotatable bonds is 5. The molecule has 0 spiro atoms. The summed E-state index contributed by atoms with van der Waals surface area (Å²) < 4.78 is 10.6. The van der Waals surface area contributed by atoms with Gasteiger partial charge in [-0.3, -0.25) is 14.7 Å². The molecular weight excluding hydrogens is 429 g/mol. The summed E-state index contributed by atoms with van der Waals surface area (Å²) in [7, 11) is 0. The molecule has 2 heterocycles. The van der Waals surface area contributed by atoms with Gasteiger partial charge in [0.2, 0.25) is 0 Å². The fourth-order valence-corrected chi connectivity index (χ4v) is 3.76. The van der Waals surface area contributed by atoms with Gasteiger partial charge in [0.15, 0.2) is 0 Å². The molecule has 30 heavy (non-hydrogen) atoms. The van der Waals surface area contributed by atoms with Crippen LogP contribution in [0.15, 0.2) is 47.5 Å². The lowest BCUT2D eigenvalue weighted by molar-refractivity contribution is -0.125. The minimum atomic E-state index is -0.421. The molecule has 0 unspecified atom stereocenters. The van der Waals surface area contributed by atoms with Gasteiger partial charge in [-0.05, 0) is 36.4 Å². The van der Waals surface area contributed by atoms with Crippen molar-refractivity contribution in [3.8, 4) is 0 Å². The van der Waals surface area contributed by atoms with Gasteiger partial charge in [0, 0.05) is 34.7 Å². The van der Waals surface area contributed by atoms with Crippen LogP contribution < -0.4 is 9.80 Å². The van der Waals surface area contributed by atoms with Gasteiger partial charge in [0.1, 0.15) is 12.7 Å². The maximum absolute atomic E-state index is 12.3. The molecule has 2 saturated heterocycles. The van der Waals surface area contributed by atoms with Crippen LogP contribution in [0.5, 0.6) is 0 Å². The number of carbonyl (C=O) groups is 2. The number of cyclic esters (lactones) is 1. The fourth-order valence-electron chi connectivity index (χ4n) is 3.31. The summed E-state index contributed by atoms with van der Waals surface area (Å²) >= 11 is 12.0. The Morgan fingerprint density at radius 1 is 1.07 bits per heavy atom. The summed E-state index contributed by atoms with van der Waals surface area (Å²) in [6.45, 7) is 1.82. The second-order valence-corrected chi connectivity index (χ2v) is 7.73. The van der Waals surface area contributed by atoms with E-state index in [-0.39, 0.29) is 18.6 Å². The highest BCUT2D eigenvalue weighted by atomic mass is 35.5. The van der Waals surface area contributed by atoms with E-state index >= 15 is 0 Å². The third-order valence-corrected chi connectivity index (χ3v) is 5.40. The van der Waals surface area contributed by atoms with E-state index in [0.717, 1.165) is 11.3 Å². The Hall–Kier alpha value is -2.61. The van der Waals surface area contributed by atoms with Gasteiger partial charge in [-0.25, -0.2) is 4.79 Å². The molecule has 2 aromatic carbocycles. The molecule has 2 aliphatic heterocycles. The van der Waals surface area contributed by atoms with Crippen molar-refractivity contribution in [3.63, 3.8) is 0 Å². The van der Waals surface area contributed by atoms with Gasteiger partial charge < -0.3 is 14.4 Å². The fraction of sp³-hybridized carbons (Fsp3) is 0.286. The number of halogens is 2. The van der Waals surface area contributed by atoms with Crippen LogP contribution in [0.1, 0.15) is 5.56 Å². The number of benzene rings is 2. The Bertz CT molecular complexity index is 981. The van der Waals surface area contributed by atoms with Crippen LogP contribution >= 0.6 is 23.2 Å². The average Bonchev–Trinajstić information content (AvgIpc) is 3.10. The summed E-state index contributed by atoms with van der Waals surface area (Å²) in [6, 6.07) is 12.4. The van der Waals surface area contributed by atoms with Gasteiger partial charge in [-0.2, -0.15) is 0 Å². The Labute approximate surface area is 183 Å². The highest BCUT2D eigenvalue weighted by molar-refractivity contribution is 6.36. The predicted octanol–water partition coefficient (Wildman–Crippen LogP) is 3.80. The average molecular weight is 448 g/mol. The van der Waals surface area contributed by atoms with E-state index in [9.17, 15) is 9.59 Å². The lowest BCUT2D eigenvalue weighted by atomic mass is 10.2. The highest BCUT2D eigenvalue weighted by Crippen LogP contribution is 2.26. The molecule has 0 aliphatic carbocycles. The van der Waals surface area contributed by atoms with Crippen LogP contribution in [0.3, 0.4) is 0 Å². The standard InChI is InChI=1S/C21H19Cl2N3O4/c22-15-2-1-14(19(23)9-15)10-24-11-18-12-26(21(28)30-18)17-5-3-16(4-6-17)25-7-8-29-13-20(25)27/h1-6,9-10,18H,7-8,11-13H2/t18-/m0/s1. The van der Waals surface area contributed by atoms with Gasteiger partial charge in [-0.15, -0.1) is 0 Å². The van der Waals surface area contributed by atoms with Crippen LogP contribution in [0.25, 0.3) is 0 Å². The summed E-state index contributed by atoms with van der Waals surface area (Å²) in [5.74, 6) is -0.0756. The second kappa shape index (κ2) is 9.04. The number of aliphatic imine (C=N–C) groups is 1. The molecule has 0 radical (unpaired) electrons. The summed E-state index contributed by atoms with van der Waals surface area (Å²) in [5, 5.41) is 1.07. The summed E-state index contributed by atoms with van der Waals surface area (Å²) in [4.78, 5) is 31.8. The molecule has 7 nitrogen and oxygen atoms in total. The van der Waals surface area contributed by atoms with E-state index in [1.54, 1.807) is 46.3 Å². The lowest BCUT2D eigenvalue weighted by Gasteiger charge is -2.27. The predicted molar refractivity (Wildman–Crippen MR) is 116 cm³/mol. The van der Waals surface area contributed by atoms with E-state index in [1.807, 2.05) is 12.1 Å². The van der Waals surface area contributed by atoms with Gasteiger partial charge in [-0.1, -0.05) is 29.3 Å². The van der Waals surface area contributed by atoms with Gasteiger partial charge in [0.05, 0.1) is 24.7 Å². The lowest BCUT2D eigenvalue weighted by Crippen LogP contribution is -2.41. The number of hydrogen-bond acceptors (Lipinski definition) is 5. The largest absolute Gasteiger partial charge is 0.442 e. The molecule has 156 valence electrons. The first-order valence-corrected chi connectivity index (χ1v) is 10.2. The number of hydrogen-bond donors (Lipinski definition) is 0. The zero-order chi connectivity index (χ0) is 21.1. The van der Waals surface area contributed by atoms with Crippen molar-refractivity contribution >= 4 is 52.8 Å². The molecule has 0 bridgehead atoms. The Morgan fingerprint density at radius 3 is 2.50 bits per heavy atom. The van der Waals surface area contributed by atoms with E-state index in [0.29, 0.717) is 42.0 Å². The van der Waals surface area contributed by atoms with Crippen molar-refractivity contribution in [2.75, 3.05) is 42.6 Å². The first-order chi connectivity index (χ1) is 14.5. The van der Waals surface area contributed by atoms with Gasteiger partial charge >= 0.3 is 6.09 Å². The third kappa shape index (κ3) is 4.59. The van der Waals surface area contributed by atoms with E-state index in [2.05, 4.69) is 4.99 Å². The molecule has 0 N–H and O–H groups in total. The molecule has 2 aliphatic rings. The van der Waals surface area contributed by atoms with E-state index in [1.165, 1.54) is 0 Å². The zero-order valence-electron chi connectivity index (χ0n) is 16.0. The molecule has 9 heteroatoms. The topological polar surface area (TPSA) is 71.4 Å². The van der Waals surface area contributed by atoms with Crippen LogP contribution in [-0.2, 0) is 14.3 Å². The number of nitrogens with zero attached hydrogens (tertiary/aromatic N) is 3. The Balaban J connectivity index is 1.37. The molecular formula is C21H19Cl2N3O4. The number of ether oxygens (including phenoxy) is 2. The number of morpholine rings is 1. The van der Waals surface area contributed by atoms with Crippen LogP contribution in [-0.4, -0.2) is 57.2 Å². The third-order valence-electron chi connectivity index (χ3n) is 4.83. The van der Waals surface area contributed by atoms with Crippen molar-refractivity contribution < 1.29 is 19.1 Å². The molecule has 2 fully saturated rings. The van der Waals surface area contributed by atoms with Crippen molar-refractivity contribution in [2.45, 2.75) is 6.10 Å². The first-order valence-electron chi connectivity index (χ1n) is 9.42. The normalized spacial score (nSPS) is 19.6. The summed E-state index contributed by atoms with van der Waals surface area (Å²) in [5.41, 5.74) is 2.23. The second-order valence-electron chi connectivity index (χ2n) is 6.89. The Morgan fingerprint density at radius 2 is 1.80 bits per heavy atom. The van der Waals surface area contributed by atoms with E-state index < -0.39 is 6.09 Å². The van der Waals surface area contributed by atoms with Crippen LogP contribution in [0.2, 0.25) is 10.0 Å². The monoisotopic (exact) mass is 447 g/mol. The highest BCUT2D eigenvalue weighted by Gasteiger charge is 2.32. The maximum atomic E-state index is 12.3. The summed E-state index contributed by atoms with van der Waals surface area (Å²) in [6.07, 6.45) is 0.860. The van der Waals surface area contributed by atoms with Gasteiger partial charge in [0.25, 0.3) is 5.91 Å². The van der Waals surface area contributed by atoms with Crippen molar-refractivity contribution in [2.24, 2.45) is 4.99 Å². The molecule has 4 rings (SSSR count). The van der Waals surface area contributed by atoms with Crippen LogP contribution in [0.4, 0.5) is 16.2 Å². The number of amides is 2. The Kier molecular flexibility index (Phi) is 6.22. The quantitative estimate of drug-likeness (QED) is 0.653. The molecule has 1 atom stereocenters. The zero-order valence-corrected chi connectivity index (χ0v) is 17.5. The maximum Gasteiger partial charge on any atom is 0.414 e. The number of anilines is 2. The molecule has 2 amide bonds. The van der Waals surface area contributed by atoms with Crippen LogP contribution in [0, 0.1) is 0 Å². The number of carbonyl (C=O) groups excluding carboxylic acids is 2.